The van der Waals surface area contributed by atoms with Gasteiger partial charge in [0.25, 0.3) is 0 Å². The Labute approximate surface area is 126 Å². The van der Waals surface area contributed by atoms with Gasteiger partial charge in [-0.15, -0.1) is 0 Å². The molecule has 21 heavy (non-hydrogen) atoms. The van der Waals surface area contributed by atoms with Crippen molar-refractivity contribution >= 4 is 0 Å². The number of hydrogen-bond acceptors (Lipinski definition) is 3. The van der Waals surface area contributed by atoms with E-state index < -0.39 is 0 Å². The van der Waals surface area contributed by atoms with Crippen molar-refractivity contribution in [2.75, 3.05) is 20.8 Å². The van der Waals surface area contributed by atoms with Crippen LogP contribution in [-0.4, -0.2) is 20.8 Å². The van der Waals surface area contributed by atoms with Crippen LogP contribution in [0.4, 0.5) is 0 Å². The lowest BCUT2D eigenvalue weighted by Gasteiger charge is -2.08. The third kappa shape index (κ3) is 5.21. The van der Waals surface area contributed by atoms with Gasteiger partial charge in [-0.05, 0) is 41.8 Å². The lowest BCUT2D eigenvalue weighted by atomic mass is 10.1. The standard InChI is InChI=1S/C18H23NO2/c1-20-14-17-7-3-6-16(11-17)13-19-10-9-15-5-4-8-18(12-15)21-2/h3-8,11-12,19H,9-10,13-14H2,1-2H3. The average molecular weight is 285 g/mol. The molecule has 3 heteroatoms. The lowest BCUT2D eigenvalue weighted by molar-refractivity contribution is 0.185. The van der Waals surface area contributed by atoms with Crippen LogP contribution in [0.25, 0.3) is 0 Å². The molecule has 112 valence electrons. The summed E-state index contributed by atoms with van der Waals surface area (Å²) in [7, 11) is 3.42. The van der Waals surface area contributed by atoms with Crippen LogP contribution in [-0.2, 0) is 24.3 Å². The zero-order valence-corrected chi connectivity index (χ0v) is 12.8. The second-order valence-corrected chi connectivity index (χ2v) is 5.03. The summed E-state index contributed by atoms with van der Waals surface area (Å²) in [6.45, 7) is 2.49. The summed E-state index contributed by atoms with van der Waals surface area (Å²) >= 11 is 0. The molecule has 0 amide bonds. The van der Waals surface area contributed by atoms with Gasteiger partial charge in [-0.1, -0.05) is 36.4 Å². The van der Waals surface area contributed by atoms with Crippen molar-refractivity contribution in [1.82, 2.24) is 5.32 Å². The molecule has 3 nitrogen and oxygen atoms in total. The molecule has 0 aromatic heterocycles. The number of ether oxygens (including phenoxy) is 2. The second kappa shape index (κ2) is 8.45. The molecule has 2 aromatic rings. The third-order valence-corrected chi connectivity index (χ3v) is 3.36. The van der Waals surface area contributed by atoms with Gasteiger partial charge in [-0.2, -0.15) is 0 Å². The van der Waals surface area contributed by atoms with Crippen LogP contribution >= 0.6 is 0 Å². The van der Waals surface area contributed by atoms with E-state index in [1.165, 1.54) is 16.7 Å². The summed E-state index contributed by atoms with van der Waals surface area (Å²) in [5.41, 5.74) is 3.79. The molecule has 0 aliphatic heterocycles. The first kappa shape index (κ1) is 15.5. The van der Waals surface area contributed by atoms with E-state index in [0.29, 0.717) is 6.61 Å². The highest BCUT2D eigenvalue weighted by Gasteiger charge is 1.98. The third-order valence-electron chi connectivity index (χ3n) is 3.36. The quantitative estimate of drug-likeness (QED) is 0.756. The number of rotatable bonds is 8. The first-order chi connectivity index (χ1) is 10.3. The molecule has 2 rings (SSSR count). The number of methoxy groups -OCH3 is 2. The number of benzene rings is 2. The van der Waals surface area contributed by atoms with E-state index in [0.717, 1.165) is 25.3 Å². The minimum absolute atomic E-state index is 0.664. The highest BCUT2D eigenvalue weighted by molar-refractivity contribution is 5.28. The van der Waals surface area contributed by atoms with E-state index in [4.69, 9.17) is 9.47 Å². The fourth-order valence-corrected chi connectivity index (χ4v) is 2.29. The summed E-state index contributed by atoms with van der Waals surface area (Å²) in [6, 6.07) is 16.7. The maximum absolute atomic E-state index is 5.23. The summed E-state index contributed by atoms with van der Waals surface area (Å²) in [6.07, 6.45) is 0.995. The van der Waals surface area contributed by atoms with Gasteiger partial charge in [0.2, 0.25) is 0 Å². The van der Waals surface area contributed by atoms with Gasteiger partial charge in [-0.3, -0.25) is 0 Å². The Morgan fingerprint density at radius 1 is 0.905 bits per heavy atom. The van der Waals surface area contributed by atoms with Gasteiger partial charge in [-0.25, -0.2) is 0 Å². The number of hydrogen-bond donors (Lipinski definition) is 1. The highest BCUT2D eigenvalue weighted by atomic mass is 16.5. The summed E-state index contributed by atoms with van der Waals surface area (Å²) in [5.74, 6) is 0.916. The van der Waals surface area contributed by atoms with Gasteiger partial charge in [0.15, 0.2) is 0 Å². The predicted molar refractivity (Wildman–Crippen MR) is 85.6 cm³/mol. The molecule has 0 saturated carbocycles. The van der Waals surface area contributed by atoms with E-state index in [-0.39, 0.29) is 0 Å². The molecule has 0 aliphatic carbocycles. The Balaban J connectivity index is 1.77. The first-order valence-electron chi connectivity index (χ1n) is 7.22. The lowest BCUT2D eigenvalue weighted by Crippen LogP contribution is -2.16. The Morgan fingerprint density at radius 3 is 2.48 bits per heavy atom. The fourth-order valence-electron chi connectivity index (χ4n) is 2.29. The smallest absolute Gasteiger partial charge is 0.119 e. The van der Waals surface area contributed by atoms with Crippen LogP contribution in [0.1, 0.15) is 16.7 Å². The Bertz CT molecular complexity index is 554. The molecule has 2 aromatic carbocycles. The van der Waals surface area contributed by atoms with Gasteiger partial charge in [0.1, 0.15) is 5.75 Å². The van der Waals surface area contributed by atoms with Crippen LogP contribution in [0.3, 0.4) is 0 Å². The van der Waals surface area contributed by atoms with Gasteiger partial charge < -0.3 is 14.8 Å². The van der Waals surface area contributed by atoms with E-state index >= 15 is 0 Å². The Morgan fingerprint density at radius 2 is 1.67 bits per heavy atom. The molecule has 0 saturated heterocycles. The zero-order valence-electron chi connectivity index (χ0n) is 12.8. The van der Waals surface area contributed by atoms with Crippen molar-refractivity contribution in [2.45, 2.75) is 19.6 Å². The van der Waals surface area contributed by atoms with Crippen molar-refractivity contribution < 1.29 is 9.47 Å². The van der Waals surface area contributed by atoms with Crippen LogP contribution in [0.2, 0.25) is 0 Å². The molecular weight excluding hydrogens is 262 g/mol. The Hall–Kier alpha value is -1.84. The minimum atomic E-state index is 0.664. The van der Waals surface area contributed by atoms with E-state index in [1.807, 2.05) is 12.1 Å². The predicted octanol–water partition coefficient (Wildman–Crippen LogP) is 3.17. The minimum Gasteiger partial charge on any atom is -0.497 e. The summed E-state index contributed by atoms with van der Waals surface area (Å²) < 4.78 is 10.4. The van der Waals surface area contributed by atoms with Gasteiger partial charge >= 0.3 is 0 Å². The van der Waals surface area contributed by atoms with Crippen molar-refractivity contribution in [1.29, 1.82) is 0 Å². The molecule has 0 heterocycles. The average Bonchev–Trinajstić information content (AvgIpc) is 2.52. The molecule has 0 fully saturated rings. The van der Waals surface area contributed by atoms with Crippen molar-refractivity contribution in [2.24, 2.45) is 0 Å². The van der Waals surface area contributed by atoms with Crippen LogP contribution < -0.4 is 10.1 Å². The maximum Gasteiger partial charge on any atom is 0.119 e. The monoisotopic (exact) mass is 285 g/mol. The molecule has 0 spiro atoms. The molecule has 0 unspecified atom stereocenters. The van der Waals surface area contributed by atoms with E-state index in [2.05, 4.69) is 41.7 Å². The molecular formula is C18H23NO2. The molecule has 0 aliphatic rings. The molecule has 1 N–H and O–H groups in total. The summed E-state index contributed by atoms with van der Waals surface area (Å²) in [4.78, 5) is 0. The normalized spacial score (nSPS) is 10.6. The maximum atomic E-state index is 5.23. The fraction of sp³-hybridized carbons (Fsp3) is 0.333. The van der Waals surface area contributed by atoms with Crippen LogP contribution in [0.5, 0.6) is 5.75 Å². The topological polar surface area (TPSA) is 30.5 Å². The Kier molecular flexibility index (Phi) is 6.25. The number of nitrogens with one attached hydrogen (secondary N) is 1. The van der Waals surface area contributed by atoms with E-state index in [1.54, 1.807) is 14.2 Å². The first-order valence-corrected chi connectivity index (χ1v) is 7.22. The van der Waals surface area contributed by atoms with Crippen molar-refractivity contribution in [3.05, 3.63) is 65.2 Å². The van der Waals surface area contributed by atoms with Crippen LogP contribution in [0, 0.1) is 0 Å². The van der Waals surface area contributed by atoms with E-state index in [9.17, 15) is 0 Å². The largest absolute Gasteiger partial charge is 0.497 e. The van der Waals surface area contributed by atoms with Crippen LogP contribution in [0.15, 0.2) is 48.5 Å². The van der Waals surface area contributed by atoms with Gasteiger partial charge in [0, 0.05) is 13.7 Å². The van der Waals surface area contributed by atoms with Crippen molar-refractivity contribution in [3.63, 3.8) is 0 Å². The molecule has 0 bridgehead atoms. The molecule has 0 radical (unpaired) electrons. The van der Waals surface area contributed by atoms with Gasteiger partial charge in [0.05, 0.1) is 13.7 Å². The van der Waals surface area contributed by atoms with Crippen molar-refractivity contribution in [3.8, 4) is 5.75 Å². The summed E-state index contributed by atoms with van der Waals surface area (Å²) in [5, 5.41) is 3.48. The highest BCUT2D eigenvalue weighted by Crippen LogP contribution is 2.12. The molecule has 0 atom stereocenters. The second-order valence-electron chi connectivity index (χ2n) is 5.03. The zero-order chi connectivity index (χ0) is 14.9. The SMILES string of the molecule is COCc1cccc(CNCCc2cccc(OC)c2)c1.